The van der Waals surface area contributed by atoms with E-state index in [1.165, 1.54) is 0 Å². The highest BCUT2D eigenvalue weighted by Crippen LogP contribution is 2.29. The van der Waals surface area contributed by atoms with Gasteiger partial charge in [0.05, 0.1) is 11.9 Å². The average Bonchev–Trinajstić information content (AvgIpc) is 2.89. The number of imidazole rings is 1. The zero-order valence-corrected chi connectivity index (χ0v) is 14.2. The standard InChI is InChI=1S/C17H28N4O/c1-5-17(6-2,7-8-22)12-18-10-15-11-19-16-20-13(3)9-14(4)21(15)16/h9,11,18,22H,5-8,10,12H2,1-4H3. The number of aryl methyl sites for hydroxylation is 2. The van der Waals surface area contributed by atoms with Crippen molar-refractivity contribution in [3.05, 3.63) is 29.3 Å². The fraction of sp³-hybridized carbons (Fsp3) is 0.647. The second-order valence-electron chi connectivity index (χ2n) is 6.21. The molecule has 22 heavy (non-hydrogen) atoms. The van der Waals surface area contributed by atoms with Gasteiger partial charge in [0.1, 0.15) is 0 Å². The molecule has 0 aliphatic rings. The Hall–Kier alpha value is -1.46. The molecule has 2 rings (SSSR count). The van der Waals surface area contributed by atoms with Gasteiger partial charge in [0.15, 0.2) is 0 Å². The third kappa shape index (κ3) is 3.47. The second kappa shape index (κ2) is 7.20. The molecule has 0 amide bonds. The number of fused-ring (bicyclic) bond motifs is 1. The molecule has 2 aromatic heterocycles. The largest absolute Gasteiger partial charge is 0.396 e. The second-order valence-corrected chi connectivity index (χ2v) is 6.21. The van der Waals surface area contributed by atoms with Gasteiger partial charge >= 0.3 is 0 Å². The fourth-order valence-corrected chi connectivity index (χ4v) is 3.16. The van der Waals surface area contributed by atoms with Gasteiger partial charge in [0, 0.05) is 31.1 Å². The van der Waals surface area contributed by atoms with Gasteiger partial charge in [-0.05, 0) is 44.6 Å². The minimum Gasteiger partial charge on any atom is -0.396 e. The highest BCUT2D eigenvalue weighted by atomic mass is 16.3. The van der Waals surface area contributed by atoms with Gasteiger partial charge < -0.3 is 10.4 Å². The highest BCUT2D eigenvalue weighted by molar-refractivity contribution is 5.35. The van der Waals surface area contributed by atoms with Crippen molar-refractivity contribution in [1.29, 1.82) is 0 Å². The molecule has 0 aliphatic carbocycles. The van der Waals surface area contributed by atoms with Crippen LogP contribution in [0.4, 0.5) is 0 Å². The van der Waals surface area contributed by atoms with E-state index in [2.05, 4.69) is 46.5 Å². The molecule has 0 saturated heterocycles. The molecule has 5 heteroatoms. The molecule has 0 aromatic carbocycles. The normalized spacial score (nSPS) is 12.2. The average molecular weight is 304 g/mol. The van der Waals surface area contributed by atoms with Crippen molar-refractivity contribution in [3.8, 4) is 0 Å². The number of nitrogens with one attached hydrogen (secondary N) is 1. The number of hydrogen-bond donors (Lipinski definition) is 2. The van der Waals surface area contributed by atoms with Crippen LogP contribution in [0.5, 0.6) is 0 Å². The van der Waals surface area contributed by atoms with E-state index in [-0.39, 0.29) is 12.0 Å². The number of hydrogen-bond acceptors (Lipinski definition) is 4. The minimum atomic E-state index is 0.180. The summed E-state index contributed by atoms with van der Waals surface area (Å²) in [5, 5.41) is 12.9. The molecule has 2 N–H and O–H groups in total. The predicted octanol–water partition coefficient (Wildman–Crippen LogP) is 2.62. The Kier molecular flexibility index (Phi) is 5.53. The first-order valence-electron chi connectivity index (χ1n) is 8.17. The molecule has 0 fully saturated rings. The molecule has 0 bridgehead atoms. The molecule has 2 aromatic rings. The molecule has 0 atom stereocenters. The first-order chi connectivity index (χ1) is 10.5. The van der Waals surface area contributed by atoms with E-state index in [0.717, 1.165) is 55.2 Å². The van der Waals surface area contributed by atoms with Crippen molar-refractivity contribution < 1.29 is 5.11 Å². The van der Waals surface area contributed by atoms with Crippen molar-refractivity contribution in [1.82, 2.24) is 19.7 Å². The molecule has 0 spiro atoms. The van der Waals surface area contributed by atoms with Crippen LogP contribution in [0.25, 0.3) is 5.78 Å². The molecule has 0 radical (unpaired) electrons. The van der Waals surface area contributed by atoms with Crippen LogP contribution in [-0.4, -0.2) is 32.6 Å². The summed E-state index contributed by atoms with van der Waals surface area (Å²) in [7, 11) is 0. The van der Waals surface area contributed by atoms with Gasteiger partial charge in [-0.15, -0.1) is 0 Å². The lowest BCUT2D eigenvalue weighted by Crippen LogP contribution is -2.34. The van der Waals surface area contributed by atoms with Gasteiger partial charge in [0.25, 0.3) is 0 Å². The summed E-state index contributed by atoms with van der Waals surface area (Å²) < 4.78 is 2.10. The van der Waals surface area contributed by atoms with E-state index in [9.17, 15) is 5.11 Å². The lowest BCUT2D eigenvalue weighted by atomic mass is 9.79. The van der Waals surface area contributed by atoms with E-state index in [0.29, 0.717) is 0 Å². The quantitative estimate of drug-likeness (QED) is 0.787. The lowest BCUT2D eigenvalue weighted by Gasteiger charge is -2.31. The van der Waals surface area contributed by atoms with E-state index in [1.54, 1.807) is 0 Å². The third-order valence-electron chi connectivity index (χ3n) is 4.81. The van der Waals surface area contributed by atoms with Crippen LogP contribution in [0.15, 0.2) is 12.3 Å². The SMILES string of the molecule is CCC(CC)(CCO)CNCc1cnc2nc(C)cc(C)n12. The first-order valence-corrected chi connectivity index (χ1v) is 8.17. The van der Waals surface area contributed by atoms with Crippen LogP contribution in [0, 0.1) is 19.3 Å². The maximum atomic E-state index is 9.30. The molecule has 122 valence electrons. The van der Waals surface area contributed by atoms with Gasteiger partial charge in [-0.25, -0.2) is 9.97 Å². The van der Waals surface area contributed by atoms with Crippen LogP contribution >= 0.6 is 0 Å². The number of aromatic nitrogens is 3. The van der Waals surface area contributed by atoms with E-state index in [1.807, 2.05) is 13.1 Å². The molecular weight excluding hydrogens is 276 g/mol. The minimum absolute atomic E-state index is 0.180. The number of rotatable bonds is 8. The van der Waals surface area contributed by atoms with E-state index in [4.69, 9.17) is 0 Å². The molecule has 0 unspecified atom stereocenters. The highest BCUT2D eigenvalue weighted by Gasteiger charge is 2.25. The summed E-state index contributed by atoms with van der Waals surface area (Å²) in [5.74, 6) is 0.766. The van der Waals surface area contributed by atoms with Crippen LogP contribution < -0.4 is 5.32 Å². The molecular formula is C17H28N4O. The predicted molar refractivity (Wildman–Crippen MR) is 88.9 cm³/mol. The lowest BCUT2D eigenvalue weighted by molar-refractivity contribution is 0.163. The molecule has 2 heterocycles. The summed E-state index contributed by atoms with van der Waals surface area (Å²) in [6.45, 7) is 10.4. The van der Waals surface area contributed by atoms with Crippen molar-refractivity contribution in [2.45, 2.75) is 53.5 Å². The summed E-state index contributed by atoms with van der Waals surface area (Å²) in [6.07, 6.45) is 4.89. The van der Waals surface area contributed by atoms with Gasteiger partial charge in [-0.1, -0.05) is 13.8 Å². The fourth-order valence-electron chi connectivity index (χ4n) is 3.16. The Morgan fingerprint density at radius 1 is 1.27 bits per heavy atom. The van der Waals surface area contributed by atoms with Crippen molar-refractivity contribution in [2.24, 2.45) is 5.41 Å². The topological polar surface area (TPSA) is 62.5 Å². The zero-order valence-electron chi connectivity index (χ0n) is 14.2. The number of aliphatic hydroxyl groups excluding tert-OH is 1. The van der Waals surface area contributed by atoms with E-state index < -0.39 is 0 Å². The van der Waals surface area contributed by atoms with Crippen LogP contribution in [-0.2, 0) is 6.54 Å². The van der Waals surface area contributed by atoms with Crippen LogP contribution in [0.3, 0.4) is 0 Å². The summed E-state index contributed by atoms with van der Waals surface area (Å²) in [6, 6.07) is 2.08. The Morgan fingerprint density at radius 3 is 2.64 bits per heavy atom. The Bertz CT molecular complexity index is 616. The van der Waals surface area contributed by atoms with Gasteiger partial charge in [-0.3, -0.25) is 4.40 Å². The monoisotopic (exact) mass is 304 g/mol. The molecule has 0 aliphatic heterocycles. The molecule has 0 saturated carbocycles. The first kappa shape index (κ1) is 16.9. The Morgan fingerprint density at radius 2 is 2.00 bits per heavy atom. The Balaban J connectivity index is 2.09. The third-order valence-corrected chi connectivity index (χ3v) is 4.81. The summed E-state index contributed by atoms with van der Waals surface area (Å²) >= 11 is 0. The number of nitrogens with zero attached hydrogens (tertiary/aromatic N) is 3. The zero-order chi connectivity index (χ0) is 16.2. The van der Waals surface area contributed by atoms with Crippen LogP contribution in [0.2, 0.25) is 0 Å². The summed E-state index contributed by atoms with van der Waals surface area (Å²) in [5.41, 5.74) is 3.46. The maximum absolute atomic E-state index is 9.30. The van der Waals surface area contributed by atoms with Gasteiger partial charge in [-0.2, -0.15) is 0 Å². The van der Waals surface area contributed by atoms with E-state index >= 15 is 0 Å². The van der Waals surface area contributed by atoms with Crippen molar-refractivity contribution in [3.63, 3.8) is 0 Å². The maximum Gasteiger partial charge on any atom is 0.234 e. The number of aliphatic hydroxyl groups is 1. The smallest absolute Gasteiger partial charge is 0.234 e. The van der Waals surface area contributed by atoms with Crippen LogP contribution in [0.1, 0.15) is 50.2 Å². The van der Waals surface area contributed by atoms with Crippen molar-refractivity contribution >= 4 is 5.78 Å². The van der Waals surface area contributed by atoms with Crippen molar-refractivity contribution in [2.75, 3.05) is 13.2 Å². The summed E-state index contributed by atoms with van der Waals surface area (Å²) in [4.78, 5) is 8.87. The van der Waals surface area contributed by atoms with Gasteiger partial charge in [0.2, 0.25) is 5.78 Å². The Labute approximate surface area is 132 Å². The molecule has 5 nitrogen and oxygen atoms in total.